The molecule has 0 aliphatic rings. The Hall–Kier alpha value is -1.39. The second kappa shape index (κ2) is 13.1. The van der Waals surface area contributed by atoms with Crippen LogP contribution in [0.4, 0.5) is 0 Å². The number of amides is 1. The lowest BCUT2D eigenvalue weighted by molar-refractivity contribution is -0.127. The highest BCUT2D eigenvalue weighted by Crippen LogP contribution is 2.11. The van der Waals surface area contributed by atoms with Crippen LogP contribution >= 0.6 is 0 Å². The monoisotopic (exact) mass is 323 g/mol. The van der Waals surface area contributed by atoms with Gasteiger partial charge in [0.05, 0.1) is 13.2 Å². The Morgan fingerprint density at radius 3 is 1.91 bits per heavy atom. The molecule has 4 heteroatoms. The quantitative estimate of drug-likeness (QED) is 0.453. The number of hydrogen-bond acceptors (Lipinski definition) is 3. The molecule has 2 N–H and O–H groups in total. The molecular weight excluding hydrogens is 290 g/mol. The van der Waals surface area contributed by atoms with Gasteiger partial charge in [0, 0.05) is 19.2 Å². The SMILES string of the molecule is CC(C)=CCCC(C)=CCCC(C)=CC(=O)N(CCO)CCO. The summed E-state index contributed by atoms with van der Waals surface area (Å²) in [6, 6.07) is 0. The number of hydrogen-bond donors (Lipinski definition) is 2. The van der Waals surface area contributed by atoms with Gasteiger partial charge in [0.15, 0.2) is 0 Å². The summed E-state index contributed by atoms with van der Waals surface area (Å²) in [5.74, 6) is -0.144. The van der Waals surface area contributed by atoms with E-state index in [9.17, 15) is 4.79 Å². The van der Waals surface area contributed by atoms with E-state index >= 15 is 0 Å². The maximum Gasteiger partial charge on any atom is 0.246 e. The molecule has 23 heavy (non-hydrogen) atoms. The molecule has 0 bridgehead atoms. The van der Waals surface area contributed by atoms with Crippen molar-refractivity contribution in [1.29, 1.82) is 0 Å². The van der Waals surface area contributed by atoms with Crippen molar-refractivity contribution in [1.82, 2.24) is 4.90 Å². The van der Waals surface area contributed by atoms with Gasteiger partial charge in [0.25, 0.3) is 0 Å². The third-order valence-electron chi connectivity index (χ3n) is 3.54. The molecule has 0 saturated heterocycles. The predicted molar refractivity (Wildman–Crippen MR) is 96.2 cm³/mol. The second-order valence-electron chi connectivity index (χ2n) is 6.17. The standard InChI is InChI=1S/C19H33NO3/c1-16(2)7-5-8-17(3)9-6-10-18(4)15-19(23)20(11-13-21)12-14-22/h7,9,15,21-22H,5-6,8,10-14H2,1-4H3. The van der Waals surface area contributed by atoms with E-state index in [1.54, 1.807) is 6.08 Å². The topological polar surface area (TPSA) is 60.8 Å². The van der Waals surface area contributed by atoms with Crippen molar-refractivity contribution >= 4 is 5.91 Å². The fourth-order valence-electron chi connectivity index (χ4n) is 2.18. The first-order valence-electron chi connectivity index (χ1n) is 8.37. The molecule has 0 unspecified atom stereocenters. The van der Waals surface area contributed by atoms with E-state index in [0.29, 0.717) is 0 Å². The Labute approximate surface area is 141 Å². The summed E-state index contributed by atoms with van der Waals surface area (Å²) in [4.78, 5) is 13.5. The molecule has 0 rings (SSSR count). The maximum atomic E-state index is 12.0. The second-order valence-corrected chi connectivity index (χ2v) is 6.17. The normalized spacial score (nSPS) is 12.3. The number of rotatable bonds is 11. The minimum Gasteiger partial charge on any atom is -0.395 e. The molecule has 1 amide bonds. The van der Waals surface area contributed by atoms with E-state index in [0.717, 1.165) is 31.3 Å². The summed E-state index contributed by atoms with van der Waals surface area (Å²) in [7, 11) is 0. The number of aliphatic hydroxyl groups is 2. The number of nitrogens with zero attached hydrogens (tertiary/aromatic N) is 1. The third-order valence-corrected chi connectivity index (χ3v) is 3.54. The smallest absolute Gasteiger partial charge is 0.246 e. The summed E-state index contributed by atoms with van der Waals surface area (Å²) in [6.07, 6.45) is 10.0. The van der Waals surface area contributed by atoms with E-state index in [1.165, 1.54) is 16.0 Å². The van der Waals surface area contributed by atoms with Crippen molar-refractivity contribution in [3.05, 3.63) is 34.9 Å². The zero-order valence-corrected chi connectivity index (χ0v) is 15.1. The Bertz CT molecular complexity index is 426. The fraction of sp³-hybridized carbons (Fsp3) is 0.632. The van der Waals surface area contributed by atoms with Crippen molar-refractivity contribution in [2.75, 3.05) is 26.3 Å². The predicted octanol–water partition coefficient (Wildman–Crippen LogP) is 3.22. The lowest BCUT2D eigenvalue weighted by Crippen LogP contribution is -2.34. The lowest BCUT2D eigenvalue weighted by Gasteiger charge is -2.19. The van der Waals surface area contributed by atoms with Crippen LogP contribution in [-0.2, 0) is 4.79 Å². The van der Waals surface area contributed by atoms with Gasteiger partial charge < -0.3 is 15.1 Å². The van der Waals surface area contributed by atoms with Crippen molar-refractivity contribution in [3.8, 4) is 0 Å². The van der Waals surface area contributed by atoms with Gasteiger partial charge in [-0.05, 0) is 53.4 Å². The average Bonchev–Trinajstić information content (AvgIpc) is 2.46. The first-order chi connectivity index (χ1) is 10.9. The molecule has 0 fully saturated rings. The molecule has 4 nitrogen and oxygen atoms in total. The zero-order valence-electron chi connectivity index (χ0n) is 15.1. The van der Waals surface area contributed by atoms with Crippen molar-refractivity contribution in [2.45, 2.75) is 53.4 Å². The fourth-order valence-corrected chi connectivity index (χ4v) is 2.18. The summed E-state index contributed by atoms with van der Waals surface area (Å²) < 4.78 is 0. The van der Waals surface area contributed by atoms with E-state index in [2.05, 4.69) is 32.9 Å². The van der Waals surface area contributed by atoms with Gasteiger partial charge in [-0.2, -0.15) is 0 Å². The van der Waals surface area contributed by atoms with Crippen LogP contribution in [0.15, 0.2) is 34.9 Å². The molecule has 132 valence electrons. The largest absolute Gasteiger partial charge is 0.395 e. The van der Waals surface area contributed by atoms with E-state index in [-0.39, 0.29) is 32.2 Å². The minimum absolute atomic E-state index is 0.0910. The molecule has 0 aliphatic carbocycles. The van der Waals surface area contributed by atoms with Crippen LogP contribution in [0.1, 0.15) is 53.4 Å². The number of carbonyl (C=O) groups excluding carboxylic acids is 1. The van der Waals surface area contributed by atoms with Crippen LogP contribution in [0.5, 0.6) is 0 Å². The van der Waals surface area contributed by atoms with Gasteiger partial charge in [-0.1, -0.05) is 28.9 Å². The molecule has 0 saturated carbocycles. The van der Waals surface area contributed by atoms with Crippen LogP contribution in [0.25, 0.3) is 0 Å². The first-order valence-corrected chi connectivity index (χ1v) is 8.37. The number of aliphatic hydroxyl groups excluding tert-OH is 2. The van der Waals surface area contributed by atoms with Crippen LogP contribution in [0.2, 0.25) is 0 Å². The molecule has 0 atom stereocenters. The molecule has 0 heterocycles. The first kappa shape index (κ1) is 21.6. The highest BCUT2D eigenvalue weighted by molar-refractivity contribution is 5.88. The van der Waals surface area contributed by atoms with E-state index < -0.39 is 0 Å². The van der Waals surface area contributed by atoms with Gasteiger partial charge in [-0.25, -0.2) is 0 Å². The van der Waals surface area contributed by atoms with Gasteiger partial charge in [-0.15, -0.1) is 0 Å². The third kappa shape index (κ3) is 11.8. The van der Waals surface area contributed by atoms with Gasteiger partial charge >= 0.3 is 0 Å². The molecular formula is C19H33NO3. The van der Waals surface area contributed by atoms with Gasteiger partial charge in [0.1, 0.15) is 0 Å². The van der Waals surface area contributed by atoms with Crippen LogP contribution in [0, 0.1) is 0 Å². The molecule has 0 aromatic heterocycles. The summed E-state index contributed by atoms with van der Waals surface area (Å²) in [5.41, 5.74) is 3.75. The van der Waals surface area contributed by atoms with E-state index in [1.807, 2.05) is 6.92 Å². The van der Waals surface area contributed by atoms with E-state index in [4.69, 9.17) is 10.2 Å². The summed E-state index contributed by atoms with van der Waals surface area (Å²) >= 11 is 0. The van der Waals surface area contributed by atoms with Gasteiger partial charge in [-0.3, -0.25) is 4.79 Å². The Morgan fingerprint density at radius 1 is 0.870 bits per heavy atom. The highest BCUT2D eigenvalue weighted by Gasteiger charge is 2.09. The van der Waals surface area contributed by atoms with Crippen molar-refractivity contribution in [2.24, 2.45) is 0 Å². The van der Waals surface area contributed by atoms with Crippen LogP contribution in [-0.4, -0.2) is 47.3 Å². The van der Waals surface area contributed by atoms with Crippen LogP contribution in [0.3, 0.4) is 0 Å². The average molecular weight is 323 g/mol. The maximum absolute atomic E-state index is 12.0. The Kier molecular flexibility index (Phi) is 12.3. The van der Waals surface area contributed by atoms with Crippen LogP contribution < -0.4 is 0 Å². The molecule has 0 aromatic rings. The van der Waals surface area contributed by atoms with Gasteiger partial charge in [0.2, 0.25) is 5.91 Å². The van der Waals surface area contributed by atoms with Crippen molar-refractivity contribution < 1.29 is 15.0 Å². The number of carbonyl (C=O) groups is 1. The highest BCUT2D eigenvalue weighted by atomic mass is 16.3. The Morgan fingerprint density at radius 2 is 1.39 bits per heavy atom. The molecule has 0 radical (unpaired) electrons. The molecule has 0 aromatic carbocycles. The van der Waals surface area contributed by atoms with Crippen molar-refractivity contribution in [3.63, 3.8) is 0 Å². The summed E-state index contributed by atoms with van der Waals surface area (Å²) in [6.45, 7) is 8.65. The minimum atomic E-state index is -0.144. The zero-order chi connectivity index (χ0) is 17.7. The lowest BCUT2D eigenvalue weighted by atomic mass is 10.1. The molecule has 0 aliphatic heterocycles. The Balaban J connectivity index is 4.32. The summed E-state index contributed by atoms with van der Waals surface area (Å²) in [5, 5.41) is 17.9. The number of allylic oxidation sites excluding steroid dienone is 5. The molecule has 0 spiro atoms.